The molecule has 38 heavy (non-hydrogen) atoms. The number of hydrogen-bond acceptors (Lipinski definition) is 4. The fourth-order valence-corrected chi connectivity index (χ4v) is 5.05. The molecule has 0 radical (unpaired) electrons. The number of fused-ring (bicyclic) bond motifs is 1. The number of amides is 1. The lowest BCUT2D eigenvalue weighted by atomic mass is 9.97. The molecular weight excluding hydrogens is 474 g/mol. The number of para-hydroxylation sites is 1. The van der Waals surface area contributed by atoms with Crippen LogP contribution < -0.4 is 4.89 Å². The summed E-state index contributed by atoms with van der Waals surface area (Å²) in [6.45, 7) is 2.23. The Morgan fingerprint density at radius 2 is 1.42 bits per heavy atom. The average Bonchev–Trinajstić information content (AvgIpc) is 3.39. The monoisotopic (exact) mass is 505 g/mol. The average molecular weight is 506 g/mol. The first kappa shape index (κ1) is 25.3. The highest BCUT2D eigenvalue weighted by molar-refractivity contribution is 6.01. The van der Waals surface area contributed by atoms with Crippen molar-refractivity contribution < 1.29 is 19.4 Å². The molecule has 0 N–H and O–H groups in total. The van der Waals surface area contributed by atoms with E-state index in [0.717, 1.165) is 29.5 Å². The maximum atomic E-state index is 14.3. The molecule has 0 spiro atoms. The third kappa shape index (κ3) is 5.62. The summed E-state index contributed by atoms with van der Waals surface area (Å²) < 4.78 is 0. The van der Waals surface area contributed by atoms with Crippen LogP contribution in [0.4, 0.5) is 0 Å². The number of benzene rings is 4. The van der Waals surface area contributed by atoms with Crippen LogP contribution >= 0.6 is 0 Å². The van der Waals surface area contributed by atoms with Gasteiger partial charge in [0.05, 0.1) is 6.54 Å². The number of hydrogen-bond donors (Lipinski definition) is 0. The lowest BCUT2D eigenvalue weighted by molar-refractivity contribution is -0.214. The minimum Gasteiger partial charge on any atom is -0.331 e. The summed E-state index contributed by atoms with van der Waals surface area (Å²) in [7, 11) is 0. The van der Waals surface area contributed by atoms with Gasteiger partial charge in [-0.05, 0) is 53.6 Å². The smallest absolute Gasteiger partial charge is 0.331 e. The highest BCUT2D eigenvalue weighted by Gasteiger charge is 2.32. The van der Waals surface area contributed by atoms with Crippen molar-refractivity contribution in [3.8, 4) is 16.9 Å². The number of carbonyl (C=O) groups is 2. The third-order valence-electron chi connectivity index (χ3n) is 6.97. The van der Waals surface area contributed by atoms with E-state index in [4.69, 9.17) is 9.78 Å². The molecule has 0 bridgehead atoms. The van der Waals surface area contributed by atoms with Gasteiger partial charge in [-0.25, -0.2) is 4.79 Å². The van der Waals surface area contributed by atoms with E-state index in [1.807, 2.05) is 96.8 Å². The molecule has 5 heteroatoms. The van der Waals surface area contributed by atoms with E-state index in [1.165, 1.54) is 11.1 Å². The summed E-state index contributed by atoms with van der Waals surface area (Å²) in [5, 5.41) is 0. The molecular formula is C33H31NO4. The molecule has 5 nitrogen and oxygen atoms in total. The molecule has 1 aliphatic rings. The summed E-state index contributed by atoms with van der Waals surface area (Å²) in [5.74, 6) is -0.0279. The highest BCUT2D eigenvalue weighted by atomic mass is 17.2. The fourth-order valence-electron chi connectivity index (χ4n) is 5.05. The van der Waals surface area contributed by atoms with E-state index >= 15 is 0 Å². The van der Waals surface area contributed by atoms with Crippen molar-refractivity contribution >= 4 is 11.9 Å². The molecule has 4 aromatic rings. The zero-order chi connectivity index (χ0) is 26.3. The van der Waals surface area contributed by atoms with E-state index < -0.39 is 5.97 Å². The fraction of sp³-hybridized carbons (Fsp3) is 0.212. The summed E-state index contributed by atoms with van der Waals surface area (Å²) in [6, 6.07) is 33.5. The maximum absolute atomic E-state index is 14.3. The van der Waals surface area contributed by atoms with Gasteiger partial charge in [0.25, 0.3) is 5.91 Å². The second-order valence-corrected chi connectivity index (χ2v) is 9.57. The molecule has 0 unspecified atom stereocenters. The van der Waals surface area contributed by atoms with Gasteiger partial charge in [-0.2, -0.15) is 0 Å². The Hall–Kier alpha value is -4.38. The van der Waals surface area contributed by atoms with Crippen molar-refractivity contribution in [2.24, 2.45) is 0 Å². The molecule has 5 rings (SSSR count). The topological polar surface area (TPSA) is 55.8 Å². The van der Waals surface area contributed by atoms with Crippen molar-refractivity contribution in [1.82, 2.24) is 4.90 Å². The molecule has 0 saturated carbocycles. The molecule has 1 amide bonds. The van der Waals surface area contributed by atoms with Gasteiger partial charge in [0, 0.05) is 23.6 Å². The number of nitrogens with zero attached hydrogens (tertiary/aromatic N) is 1. The van der Waals surface area contributed by atoms with Gasteiger partial charge in [0.15, 0.2) is 5.75 Å². The lowest BCUT2D eigenvalue weighted by Gasteiger charge is -2.30. The van der Waals surface area contributed by atoms with Crippen LogP contribution in [0, 0.1) is 0 Å². The Morgan fingerprint density at radius 1 is 0.789 bits per heavy atom. The second kappa shape index (κ2) is 11.8. The normalized spacial score (nSPS) is 12.6. The maximum Gasteiger partial charge on any atom is 0.355 e. The molecule has 192 valence electrons. The number of rotatable bonds is 9. The van der Waals surface area contributed by atoms with E-state index in [1.54, 1.807) is 6.07 Å². The molecule has 0 aromatic heterocycles. The van der Waals surface area contributed by atoms with Crippen LogP contribution in [0.5, 0.6) is 5.75 Å². The molecule has 4 aromatic carbocycles. The largest absolute Gasteiger partial charge is 0.355 e. The van der Waals surface area contributed by atoms with Crippen LogP contribution in [0.25, 0.3) is 11.1 Å². The first-order valence-corrected chi connectivity index (χ1v) is 13.1. The minimum atomic E-state index is -0.418. The molecule has 0 aliphatic heterocycles. The SMILES string of the molecule is CCCC(=O)OOc1ccccc1CN(C(=O)c1ccccc1-c1ccccc1)C1Cc2ccccc2C1. The van der Waals surface area contributed by atoms with E-state index in [2.05, 4.69) is 12.1 Å². The van der Waals surface area contributed by atoms with Crippen LogP contribution in [0.3, 0.4) is 0 Å². The van der Waals surface area contributed by atoms with Gasteiger partial charge in [-0.3, -0.25) is 14.6 Å². The van der Waals surface area contributed by atoms with Gasteiger partial charge < -0.3 is 4.90 Å². The number of carbonyl (C=O) groups excluding carboxylic acids is 2. The Kier molecular flexibility index (Phi) is 7.84. The standard InChI is InChI=1S/C33H31NO4/c1-2-12-32(35)38-37-31-20-11-8-17-27(31)23-34(28-21-25-15-6-7-16-26(25)22-28)33(36)30-19-10-9-18-29(30)24-13-4-3-5-14-24/h3-11,13-20,28H,2,12,21-23H2,1H3. The lowest BCUT2D eigenvalue weighted by Crippen LogP contribution is -2.40. The predicted molar refractivity (Wildman–Crippen MR) is 147 cm³/mol. The van der Waals surface area contributed by atoms with Crippen LogP contribution in [0.1, 0.15) is 46.8 Å². The molecule has 1 aliphatic carbocycles. The van der Waals surface area contributed by atoms with Crippen molar-refractivity contribution in [2.75, 3.05) is 0 Å². The molecule has 0 saturated heterocycles. The Labute approximate surface area is 223 Å². The van der Waals surface area contributed by atoms with Gasteiger partial charge in [0.1, 0.15) is 0 Å². The first-order valence-electron chi connectivity index (χ1n) is 13.1. The minimum absolute atomic E-state index is 0.0144. The second-order valence-electron chi connectivity index (χ2n) is 9.57. The Balaban J connectivity index is 1.49. The van der Waals surface area contributed by atoms with E-state index in [-0.39, 0.29) is 18.4 Å². The highest BCUT2D eigenvalue weighted by Crippen LogP contribution is 2.32. The summed E-state index contributed by atoms with van der Waals surface area (Å²) in [6.07, 6.45) is 2.52. The summed E-state index contributed by atoms with van der Waals surface area (Å²) in [4.78, 5) is 38.7. The van der Waals surface area contributed by atoms with E-state index in [0.29, 0.717) is 24.3 Å². The van der Waals surface area contributed by atoms with Crippen LogP contribution in [0.2, 0.25) is 0 Å². The van der Waals surface area contributed by atoms with Crippen LogP contribution in [0.15, 0.2) is 103 Å². The molecule has 0 heterocycles. The van der Waals surface area contributed by atoms with Crippen LogP contribution in [-0.4, -0.2) is 22.8 Å². The van der Waals surface area contributed by atoms with Crippen molar-refractivity contribution in [3.05, 3.63) is 125 Å². The Morgan fingerprint density at radius 3 is 2.16 bits per heavy atom. The van der Waals surface area contributed by atoms with E-state index in [9.17, 15) is 9.59 Å². The zero-order valence-corrected chi connectivity index (χ0v) is 21.5. The predicted octanol–water partition coefficient (Wildman–Crippen LogP) is 6.80. The van der Waals surface area contributed by atoms with Crippen LogP contribution in [-0.2, 0) is 29.1 Å². The van der Waals surface area contributed by atoms with Gasteiger partial charge in [-0.15, -0.1) is 0 Å². The van der Waals surface area contributed by atoms with Crippen molar-refractivity contribution in [1.29, 1.82) is 0 Å². The van der Waals surface area contributed by atoms with Crippen molar-refractivity contribution in [2.45, 2.75) is 45.2 Å². The van der Waals surface area contributed by atoms with Gasteiger partial charge in [0.2, 0.25) is 0 Å². The first-order chi connectivity index (χ1) is 18.6. The summed E-state index contributed by atoms with van der Waals surface area (Å²) >= 11 is 0. The molecule has 0 atom stereocenters. The Bertz CT molecular complexity index is 1390. The van der Waals surface area contributed by atoms with Gasteiger partial charge in [-0.1, -0.05) is 97.9 Å². The van der Waals surface area contributed by atoms with Gasteiger partial charge >= 0.3 is 5.97 Å². The quantitative estimate of drug-likeness (QED) is 0.185. The molecule has 0 fully saturated rings. The third-order valence-corrected chi connectivity index (χ3v) is 6.97. The van der Waals surface area contributed by atoms with Crippen molar-refractivity contribution in [3.63, 3.8) is 0 Å². The zero-order valence-electron chi connectivity index (χ0n) is 21.5. The summed E-state index contributed by atoms with van der Waals surface area (Å²) in [5.41, 5.74) is 5.87.